The molecule has 0 saturated heterocycles. The van der Waals surface area contributed by atoms with Crippen molar-refractivity contribution in [1.29, 1.82) is 0 Å². The van der Waals surface area contributed by atoms with Crippen LogP contribution in [-0.2, 0) is 6.18 Å². The monoisotopic (exact) mass is 272 g/mol. The number of hydrogen-bond acceptors (Lipinski definition) is 2. The summed E-state index contributed by atoms with van der Waals surface area (Å²) in [7, 11) is 0. The van der Waals surface area contributed by atoms with Gasteiger partial charge >= 0.3 is 6.18 Å². The maximum atomic E-state index is 12.7. The van der Waals surface area contributed by atoms with Crippen LogP contribution in [0.1, 0.15) is 32.3 Å². The Morgan fingerprint density at radius 1 is 1.05 bits per heavy atom. The van der Waals surface area contributed by atoms with Gasteiger partial charge < -0.3 is 10.6 Å². The maximum Gasteiger partial charge on any atom is 0.416 e. The molecule has 0 aliphatic carbocycles. The molecule has 0 spiro atoms. The smallest absolute Gasteiger partial charge is 0.383 e. The van der Waals surface area contributed by atoms with E-state index in [9.17, 15) is 13.2 Å². The van der Waals surface area contributed by atoms with Crippen molar-refractivity contribution in [3.05, 3.63) is 23.8 Å². The van der Waals surface area contributed by atoms with Crippen molar-refractivity contribution < 1.29 is 13.2 Å². The summed E-state index contributed by atoms with van der Waals surface area (Å²) in [6.45, 7) is 5.71. The molecule has 5 heteroatoms. The quantitative estimate of drug-likeness (QED) is 0.836. The van der Waals surface area contributed by atoms with E-state index in [2.05, 4.69) is 24.5 Å². The Balaban J connectivity index is 2.28. The van der Waals surface area contributed by atoms with E-state index < -0.39 is 11.7 Å². The van der Waals surface area contributed by atoms with E-state index in [1.54, 1.807) is 0 Å². The van der Waals surface area contributed by atoms with Crippen LogP contribution >= 0.6 is 0 Å². The summed E-state index contributed by atoms with van der Waals surface area (Å²) in [5.41, 5.74) is 0.772. The first kappa shape index (κ1) is 14.0. The highest BCUT2D eigenvalue weighted by atomic mass is 19.4. The van der Waals surface area contributed by atoms with E-state index in [1.165, 1.54) is 12.1 Å². The summed E-state index contributed by atoms with van der Waals surface area (Å²) >= 11 is 0. The van der Waals surface area contributed by atoms with E-state index in [0.29, 0.717) is 12.2 Å². The summed E-state index contributed by atoms with van der Waals surface area (Å²) in [4.78, 5) is 0. The highest BCUT2D eigenvalue weighted by Crippen LogP contribution is 2.37. The first-order valence-electron chi connectivity index (χ1n) is 6.59. The molecule has 1 aliphatic rings. The Bertz CT molecular complexity index is 450. The summed E-state index contributed by atoms with van der Waals surface area (Å²) in [6.07, 6.45) is -2.32. The van der Waals surface area contributed by atoms with Crippen molar-refractivity contribution in [2.75, 3.05) is 23.7 Å². The molecule has 2 nitrogen and oxygen atoms in total. The summed E-state index contributed by atoms with van der Waals surface area (Å²) in [6, 6.07) is 3.81. The van der Waals surface area contributed by atoms with Gasteiger partial charge in [-0.1, -0.05) is 13.8 Å². The number of hydrogen-bond donors (Lipinski definition) is 2. The minimum atomic E-state index is -4.30. The Labute approximate surface area is 111 Å². The standard InChI is InChI=1S/C14H19F3N2/c1-3-13(4-2)8-18-11-6-5-10(14(15,16)17)7-12(11)19-9-13/h5-7,18-19H,3-4,8-9H2,1-2H3. The number of nitrogens with one attached hydrogen (secondary N) is 2. The van der Waals surface area contributed by atoms with E-state index >= 15 is 0 Å². The van der Waals surface area contributed by atoms with Gasteiger partial charge in [-0.05, 0) is 31.0 Å². The molecule has 19 heavy (non-hydrogen) atoms. The van der Waals surface area contributed by atoms with Crippen LogP contribution in [0.25, 0.3) is 0 Å². The summed E-state index contributed by atoms with van der Waals surface area (Å²) < 4.78 is 38.1. The van der Waals surface area contributed by atoms with Crippen LogP contribution in [0.5, 0.6) is 0 Å². The van der Waals surface area contributed by atoms with E-state index in [1.807, 2.05) is 0 Å². The molecule has 0 amide bonds. The Kier molecular flexibility index (Phi) is 3.65. The molecule has 106 valence electrons. The Hall–Kier alpha value is -1.39. The average Bonchev–Trinajstić information content (AvgIpc) is 2.57. The molecule has 1 heterocycles. The van der Waals surface area contributed by atoms with Crippen molar-refractivity contribution in [3.63, 3.8) is 0 Å². The molecule has 2 rings (SSSR count). The lowest BCUT2D eigenvalue weighted by Crippen LogP contribution is -2.33. The number of anilines is 2. The fourth-order valence-corrected chi connectivity index (χ4v) is 2.40. The van der Waals surface area contributed by atoms with E-state index in [4.69, 9.17) is 0 Å². The molecular weight excluding hydrogens is 253 g/mol. The van der Waals surface area contributed by atoms with Crippen LogP contribution in [0.4, 0.5) is 24.5 Å². The van der Waals surface area contributed by atoms with Crippen LogP contribution in [0.15, 0.2) is 18.2 Å². The Morgan fingerprint density at radius 2 is 1.63 bits per heavy atom. The van der Waals surface area contributed by atoms with Gasteiger partial charge in [0.2, 0.25) is 0 Å². The van der Waals surface area contributed by atoms with Gasteiger partial charge in [0.1, 0.15) is 0 Å². The van der Waals surface area contributed by atoms with Crippen LogP contribution in [0.3, 0.4) is 0 Å². The minimum Gasteiger partial charge on any atom is -0.383 e. The molecule has 0 saturated carbocycles. The summed E-state index contributed by atoms with van der Waals surface area (Å²) in [5.74, 6) is 0. The molecule has 0 atom stereocenters. The molecule has 0 aromatic heterocycles. The van der Waals surface area contributed by atoms with E-state index in [0.717, 1.165) is 31.1 Å². The van der Waals surface area contributed by atoms with Crippen LogP contribution < -0.4 is 10.6 Å². The lowest BCUT2D eigenvalue weighted by Gasteiger charge is -2.30. The number of benzene rings is 1. The number of alkyl halides is 3. The van der Waals surface area contributed by atoms with Gasteiger partial charge in [-0.25, -0.2) is 0 Å². The first-order valence-corrected chi connectivity index (χ1v) is 6.59. The molecule has 1 aromatic carbocycles. The van der Waals surface area contributed by atoms with Crippen molar-refractivity contribution in [2.24, 2.45) is 5.41 Å². The van der Waals surface area contributed by atoms with Crippen molar-refractivity contribution in [3.8, 4) is 0 Å². The highest BCUT2D eigenvalue weighted by molar-refractivity contribution is 5.71. The van der Waals surface area contributed by atoms with E-state index in [-0.39, 0.29) is 5.41 Å². The maximum absolute atomic E-state index is 12.7. The molecule has 0 radical (unpaired) electrons. The topological polar surface area (TPSA) is 24.1 Å². The van der Waals surface area contributed by atoms with Crippen LogP contribution in [0.2, 0.25) is 0 Å². The van der Waals surface area contributed by atoms with Gasteiger partial charge in [-0.15, -0.1) is 0 Å². The first-order chi connectivity index (χ1) is 8.90. The molecule has 1 aliphatic heterocycles. The Morgan fingerprint density at radius 3 is 2.16 bits per heavy atom. The molecule has 2 N–H and O–H groups in total. The normalized spacial score (nSPS) is 17.9. The lowest BCUT2D eigenvalue weighted by molar-refractivity contribution is -0.137. The van der Waals surface area contributed by atoms with Crippen molar-refractivity contribution in [2.45, 2.75) is 32.9 Å². The lowest BCUT2D eigenvalue weighted by atomic mass is 9.82. The van der Waals surface area contributed by atoms with Crippen molar-refractivity contribution in [1.82, 2.24) is 0 Å². The predicted octanol–water partition coefficient (Wildman–Crippen LogP) is 4.35. The van der Waals surface area contributed by atoms with Gasteiger partial charge in [0.15, 0.2) is 0 Å². The molecule has 0 bridgehead atoms. The third kappa shape index (κ3) is 2.80. The second kappa shape index (κ2) is 4.94. The number of fused-ring (bicyclic) bond motifs is 1. The van der Waals surface area contributed by atoms with Gasteiger partial charge in [-0.2, -0.15) is 13.2 Å². The van der Waals surface area contributed by atoms with Crippen LogP contribution in [-0.4, -0.2) is 13.1 Å². The van der Waals surface area contributed by atoms with Gasteiger partial charge in [-0.3, -0.25) is 0 Å². The second-order valence-electron chi connectivity index (χ2n) is 5.17. The zero-order valence-electron chi connectivity index (χ0n) is 11.2. The number of rotatable bonds is 2. The molecule has 1 aromatic rings. The third-order valence-corrected chi connectivity index (χ3v) is 4.15. The molecular formula is C14H19F3N2. The van der Waals surface area contributed by atoms with Gasteiger partial charge in [0.05, 0.1) is 16.9 Å². The fraction of sp³-hybridized carbons (Fsp3) is 0.571. The minimum absolute atomic E-state index is 0.0947. The zero-order valence-corrected chi connectivity index (χ0v) is 11.2. The zero-order chi connectivity index (χ0) is 14.1. The summed E-state index contributed by atoms with van der Waals surface area (Å²) in [5, 5.41) is 6.43. The fourth-order valence-electron chi connectivity index (χ4n) is 2.40. The van der Waals surface area contributed by atoms with Gasteiger partial charge in [0.25, 0.3) is 0 Å². The van der Waals surface area contributed by atoms with Crippen LogP contribution in [0, 0.1) is 5.41 Å². The average molecular weight is 272 g/mol. The largest absolute Gasteiger partial charge is 0.416 e. The second-order valence-corrected chi connectivity index (χ2v) is 5.17. The predicted molar refractivity (Wildman–Crippen MR) is 71.4 cm³/mol. The molecule has 0 fully saturated rings. The third-order valence-electron chi connectivity index (χ3n) is 4.15. The SMILES string of the molecule is CCC1(CC)CNc2ccc(C(F)(F)F)cc2NC1. The van der Waals surface area contributed by atoms with Crippen molar-refractivity contribution >= 4 is 11.4 Å². The number of halogens is 3. The highest BCUT2D eigenvalue weighted by Gasteiger charge is 2.33. The molecule has 0 unspecified atom stereocenters. The van der Waals surface area contributed by atoms with Gasteiger partial charge in [0, 0.05) is 18.5 Å².